The molecule has 2 aliphatic carbocycles. The fourth-order valence-electron chi connectivity index (χ4n) is 6.84. The lowest BCUT2D eigenvalue weighted by Gasteiger charge is -2.34. The second kappa shape index (κ2) is 11.5. The number of halogens is 1. The number of benzene rings is 1. The van der Waals surface area contributed by atoms with Gasteiger partial charge in [-0.15, -0.1) is 0 Å². The molecular weight excluding hydrogens is 536 g/mol. The molecule has 4 unspecified atom stereocenters. The zero-order valence-electron chi connectivity index (χ0n) is 21.9. The number of ether oxygens (including phenoxy) is 1. The Hall–Kier alpha value is -1.64. The summed E-state index contributed by atoms with van der Waals surface area (Å²) < 4.78 is 12.7. The van der Waals surface area contributed by atoms with Gasteiger partial charge in [0.1, 0.15) is 15.8 Å². The van der Waals surface area contributed by atoms with Crippen molar-refractivity contribution in [3.8, 4) is 11.3 Å². The first-order chi connectivity index (χ1) is 18.5. The summed E-state index contributed by atoms with van der Waals surface area (Å²) in [5.74, 6) is 2.97. The summed E-state index contributed by atoms with van der Waals surface area (Å²) in [5, 5.41) is 0.696. The van der Waals surface area contributed by atoms with Gasteiger partial charge >= 0.3 is 0 Å². The largest absolute Gasteiger partial charge is 0.456 e. The fraction of sp³-hybridized carbons (Fsp3) is 0.533. The van der Waals surface area contributed by atoms with Crippen molar-refractivity contribution in [3.05, 3.63) is 51.6 Å². The number of aryl methyl sites for hydroxylation is 1. The van der Waals surface area contributed by atoms with Crippen molar-refractivity contribution >= 4 is 51.9 Å². The van der Waals surface area contributed by atoms with E-state index < -0.39 is 0 Å². The number of fused-ring (bicyclic) bond motifs is 2. The minimum atomic E-state index is 0.0488. The molecule has 4 atom stereocenters. The third kappa shape index (κ3) is 5.37. The smallest absolute Gasteiger partial charge is 0.266 e. The molecule has 1 amide bonds. The highest BCUT2D eigenvalue weighted by atomic mass is 35.5. The number of hydrogen-bond acceptors (Lipinski definition) is 6. The van der Waals surface area contributed by atoms with Crippen molar-refractivity contribution in [2.75, 3.05) is 26.3 Å². The van der Waals surface area contributed by atoms with Crippen LogP contribution < -0.4 is 0 Å². The van der Waals surface area contributed by atoms with Crippen LogP contribution in [0.2, 0.25) is 5.02 Å². The Balaban J connectivity index is 1.26. The number of thiocarbonyl (C=S) groups is 1. The number of rotatable bonds is 8. The van der Waals surface area contributed by atoms with E-state index >= 15 is 0 Å². The van der Waals surface area contributed by atoms with Gasteiger partial charge in [0.15, 0.2) is 0 Å². The lowest BCUT2D eigenvalue weighted by Crippen LogP contribution is -2.43. The molecule has 1 aromatic carbocycles. The maximum absolute atomic E-state index is 13.6. The summed E-state index contributed by atoms with van der Waals surface area (Å²) in [6, 6.07) is 10.6. The van der Waals surface area contributed by atoms with E-state index in [1.165, 1.54) is 31.0 Å². The number of nitrogens with zero attached hydrogens (tertiary/aromatic N) is 2. The Kier molecular flexibility index (Phi) is 8.01. The number of carbonyl (C=O) groups excluding carboxylic acids is 1. The van der Waals surface area contributed by atoms with Crippen molar-refractivity contribution in [3.63, 3.8) is 0 Å². The summed E-state index contributed by atoms with van der Waals surface area (Å²) >= 11 is 13.3. The monoisotopic (exact) mass is 570 g/mol. The Morgan fingerprint density at radius 1 is 1.18 bits per heavy atom. The van der Waals surface area contributed by atoms with Crippen LogP contribution in [-0.4, -0.2) is 58.4 Å². The average Bonchev–Trinajstić information content (AvgIpc) is 3.71. The maximum atomic E-state index is 13.6. The number of thioether (sulfide) groups is 1. The summed E-state index contributed by atoms with van der Waals surface area (Å²) in [6.45, 7) is 5.84. The average molecular weight is 571 g/mol. The van der Waals surface area contributed by atoms with Gasteiger partial charge < -0.3 is 9.15 Å². The molecular formula is C30H35ClN2O3S2. The summed E-state index contributed by atoms with van der Waals surface area (Å²) in [4.78, 5) is 18.7. The van der Waals surface area contributed by atoms with Gasteiger partial charge in [-0.2, -0.15) is 0 Å². The van der Waals surface area contributed by atoms with Crippen LogP contribution in [0.1, 0.15) is 56.8 Å². The molecule has 6 rings (SSSR count). The third-order valence-corrected chi connectivity index (χ3v) is 10.5. The van der Waals surface area contributed by atoms with Crippen LogP contribution in [0.3, 0.4) is 0 Å². The lowest BCUT2D eigenvalue weighted by molar-refractivity contribution is -0.124. The second-order valence-electron chi connectivity index (χ2n) is 11.1. The number of morpholine rings is 1. The highest BCUT2D eigenvalue weighted by Crippen LogP contribution is 2.49. The molecule has 8 heteroatoms. The van der Waals surface area contributed by atoms with Crippen molar-refractivity contribution in [2.45, 2.75) is 64.0 Å². The molecule has 1 aromatic heterocycles. The lowest BCUT2D eigenvalue weighted by atomic mass is 9.94. The van der Waals surface area contributed by atoms with E-state index in [2.05, 4.69) is 17.9 Å². The topological polar surface area (TPSA) is 45.9 Å². The van der Waals surface area contributed by atoms with Crippen LogP contribution in [-0.2, 0) is 16.0 Å². The van der Waals surface area contributed by atoms with Gasteiger partial charge in [0.05, 0.1) is 18.1 Å². The molecule has 0 spiro atoms. The normalized spacial score (nSPS) is 27.7. The molecule has 2 aliphatic heterocycles. The molecule has 4 aliphatic rings. The molecule has 0 radical (unpaired) electrons. The van der Waals surface area contributed by atoms with E-state index in [9.17, 15) is 4.79 Å². The van der Waals surface area contributed by atoms with Crippen LogP contribution in [0.25, 0.3) is 17.4 Å². The molecule has 3 heterocycles. The van der Waals surface area contributed by atoms with Crippen LogP contribution in [0.4, 0.5) is 0 Å². The minimum Gasteiger partial charge on any atom is -0.456 e. The van der Waals surface area contributed by atoms with Gasteiger partial charge in [-0.3, -0.25) is 14.6 Å². The highest BCUT2D eigenvalue weighted by molar-refractivity contribution is 8.26. The van der Waals surface area contributed by atoms with E-state index in [1.807, 2.05) is 35.2 Å². The minimum absolute atomic E-state index is 0.0488. The fourth-order valence-corrected chi connectivity index (χ4v) is 8.31. The Morgan fingerprint density at radius 3 is 2.66 bits per heavy atom. The van der Waals surface area contributed by atoms with Gasteiger partial charge in [0.25, 0.3) is 5.91 Å². The van der Waals surface area contributed by atoms with Crippen molar-refractivity contribution in [1.82, 2.24) is 9.80 Å². The predicted octanol–water partition coefficient (Wildman–Crippen LogP) is 7.03. The second-order valence-corrected chi connectivity index (χ2v) is 13.2. The van der Waals surface area contributed by atoms with Crippen LogP contribution >= 0.6 is 35.6 Å². The molecule has 4 fully saturated rings. The van der Waals surface area contributed by atoms with Gasteiger partial charge in [-0.05, 0) is 86.3 Å². The summed E-state index contributed by atoms with van der Waals surface area (Å²) in [5.41, 5.74) is 2.11. The van der Waals surface area contributed by atoms with Crippen molar-refractivity contribution in [2.24, 2.45) is 11.8 Å². The first-order valence-electron chi connectivity index (χ1n) is 14.0. The van der Waals surface area contributed by atoms with Gasteiger partial charge in [-0.25, -0.2) is 0 Å². The standard InChI is InChI=1S/C30H35ClN2O3S2/c1-2-24(32-11-13-35-14-12-32)10-7-22-17-26(20-5-8-23(31)9-6-20)36-27(22)18-28-29(34)33(30(37)38-28)25-16-19-3-4-21(25)15-19/h5-6,8-9,17-19,21,24-25H,2-4,7,10-16H2,1H3/b28-18+. The first-order valence-corrected chi connectivity index (χ1v) is 15.6. The van der Waals surface area contributed by atoms with Gasteiger partial charge in [-0.1, -0.05) is 48.9 Å². The van der Waals surface area contributed by atoms with Crippen molar-refractivity contribution < 1.29 is 13.9 Å². The molecule has 2 bridgehead atoms. The zero-order chi connectivity index (χ0) is 26.2. The maximum Gasteiger partial charge on any atom is 0.266 e. The molecule has 0 N–H and O–H groups in total. The third-order valence-electron chi connectivity index (χ3n) is 8.87. The van der Waals surface area contributed by atoms with Gasteiger partial charge in [0, 0.05) is 41.8 Å². The predicted molar refractivity (Wildman–Crippen MR) is 158 cm³/mol. The zero-order valence-corrected chi connectivity index (χ0v) is 24.3. The number of carbonyl (C=O) groups is 1. The van der Waals surface area contributed by atoms with E-state index in [0.29, 0.717) is 26.2 Å². The van der Waals surface area contributed by atoms with Crippen LogP contribution in [0.15, 0.2) is 39.7 Å². The summed E-state index contributed by atoms with van der Waals surface area (Å²) in [6.07, 6.45) is 9.81. The molecule has 2 aromatic rings. The molecule has 2 saturated carbocycles. The summed E-state index contributed by atoms with van der Waals surface area (Å²) in [7, 11) is 0. The van der Waals surface area contributed by atoms with E-state index in [4.69, 9.17) is 33.0 Å². The SMILES string of the molecule is CCC(CCc1cc(-c2ccc(Cl)cc2)oc1/C=C1/SC(=S)N(C2CC3CCC2C3)C1=O)N1CCOCC1. The molecule has 38 heavy (non-hydrogen) atoms. The molecule has 2 saturated heterocycles. The van der Waals surface area contributed by atoms with E-state index in [0.717, 1.165) is 80.6 Å². The van der Waals surface area contributed by atoms with Crippen LogP contribution in [0, 0.1) is 11.8 Å². The van der Waals surface area contributed by atoms with Gasteiger partial charge in [0.2, 0.25) is 0 Å². The Labute approximate surface area is 239 Å². The number of amides is 1. The van der Waals surface area contributed by atoms with Crippen molar-refractivity contribution in [1.29, 1.82) is 0 Å². The highest BCUT2D eigenvalue weighted by Gasteiger charge is 2.48. The molecule has 202 valence electrons. The van der Waals surface area contributed by atoms with E-state index in [-0.39, 0.29) is 11.9 Å². The Bertz CT molecular complexity index is 1220. The first kappa shape index (κ1) is 26.6. The quantitative estimate of drug-likeness (QED) is 0.251. The molecule has 5 nitrogen and oxygen atoms in total. The number of furan rings is 1. The van der Waals surface area contributed by atoms with Crippen LogP contribution in [0.5, 0.6) is 0 Å². The Morgan fingerprint density at radius 2 is 1.97 bits per heavy atom. The number of hydrogen-bond donors (Lipinski definition) is 0. The van der Waals surface area contributed by atoms with E-state index in [1.54, 1.807) is 0 Å².